The summed E-state index contributed by atoms with van der Waals surface area (Å²) in [5.41, 5.74) is 0.628. The lowest BCUT2D eigenvalue weighted by Gasteiger charge is -2.47. The number of nitrogens with zero attached hydrogens (tertiary/aromatic N) is 2. The van der Waals surface area contributed by atoms with Crippen molar-refractivity contribution in [3.63, 3.8) is 0 Å². The number of ether oxygens (including phenoxy) is 1. The van der Waals surface area contributed by atoms with Gasteiger partial charge >= 0.3 is 0 Å². The van der Waals surface area contributed by atoms with Crippen LogP contribution in [0.15, 0.2) is 12.3 Å². The molecular formula is C17H23N3O3. The summed E-state index contributed by atoms with van der Waals surface area (Å²) in [6.07, 6.45) is 5.12. The van der Waals surface area contributed by atoms with Gasteiger partial charge in [0.05, 0.1) is 23.4 Å². The van der Waals surface area contributed by atoms with Gasteiger partial charge in [-0.15, -0.1) is 0 Å². The van der Waals surface area contributed by atoms with E-state index in [2.05, 4.69) is 11.9 Å². The fraction of sp³-hybridized carbons (Fsp3) is 0.647. The van der Waals surface area contributed by atoms with E-state index in [1.54, 1.807) is 17.2 Å². The van der Waals surface area contributed by atoms with Crippen molar-refractivity contribution in [1.29, 1.82) is 5.26 Å². The highest BCUT2D eigenvalue weighted by atomic mass is 16.5. The molecule has 2 aliphatic rings. The molecule has 0 unspecified atom stereocenters. The summed E-state index contributed by atoms with van der Waals surface area (Å²) in [5.74, 6) is -0.0789. The molecule has 124 valence electrons. The van der Waals surface area contributed by atoms with Crippen LogP contribution in [-0.4, -0.2) is 51.8 Å². The van der Waals surface area contributed by atoms with Crippen LogP contribution in [0.4, 0.5) is 0 Å². The molecule has 23 heavy (non-hydrogen) atoms. The smallest absolute Gasteiger partial charge is 0.270 e. The molecular weight excluding hydrogens is 294 g/mol. The molecule has 1 aromatic rings. The molecule has 2 saturated heterocycles. The summed E-state index contributed by atoms with van der Waals surface area (Å²) >= 11 is 0. The highest BCUT2D eigenvalue weighted by Crippen LogP contribution is 2.38. The zero-order valence-corrected chi connectivity index (χ0v) is 13.4. The number of rotatable bonds is 2. The van der Waals surface area contributed by atoms with Crippen LogP contribution in [0.3, 0.4) is 0 Å². The third-order valence-electron chi connectivity index (χ3n) is 5.02. The predicted octanol–water partition coefficient (Wildman–Crippen LogP) is 1.81. The van der Waals surface area contributed by atoms with Gasteiger partial charge < -0.3 is 19.7 Å². The van der Waals surface area contributed by atoms with Crippen molar-refractivity contribution in [1.82, 2.24) is 9.88 Å². The fourth-order valence-electron chi connectivity index (χ4n) is 3.71. The first kappa shape index (κ1) is 16.0. The molecule has 6 heteroatoms. The van der Waals surface area contributed by atoms with Gasteiger partial charge in [-0.1, -0.05) is 6.92 Å². The van der Waals surface area contributed by atoms with E-state index in [1.165, 1.54) is 0 Å². The lowest BCUT2D eigenvalue weighted by atomic mass is 9.81. The second-order valence-electron chi connectivity index (χ2n) is 6.63. The van der Waals surface area contributed by atoms with E-state index in [0.29, 0.717) is 37.2 Å². The SMILES string of the molecule is CC[C@H]1C[C@@H](O)CC2(CCN(C(=O)c3cc(C#N)c[nH]3)CC2)O1. The van der Waals surface area contributed by atoms with Gasteiger partial charge in [0.15, 0.2) is 0 Å². The van der Waals surface area contributed by atoms with Crippen molar-refractivity contribution in [2.45, 2.75) is 56.8 Å². The first-order valence-electron chi connectivity index (χ1n) is 8.29. The van der Waals surface area contributed by atoms with Gasteiger partial charge in [-0.25, -0.2) is 0 Å². The average Bonchev–Trinajstić information content (AvgIpc) is 3.03. The highest BCUT2D eigenvalue weighted by molar-refractivity contribution is 5.93. The van der Waals surface area contributed by atoms with Crippen molar-refractivity contribution >= 4 is 5.91 Å². The molecule has 1 aromatic heterocycles. The molecule has 2 atom stereocenters. The Hall–Kier alpha value is -1.84. The molecule has 1 spiro atoms. The Morgan fingerprint density at radius 1 is 1.57 bits per heavy atom. The Bertz CT molecular complexity index is 611. The van der Waals surface area contributed by atoms with Gasteiger partial charge in [0.25, 0.3) is 5.91 Å². The number of hydrogen-bond donors (Lipinski definition) is 2. The number of aromatic nitrogens is 1. The molecule has 3 heterocycles. The van der Waals surface area contributed by atoms with E-state index in [-0.39, 0.29) is 23.7 Å². The lowest BCUT2D eigenvalue weighted by molar-refractivity contribution is -0.179. The minimum Gasteiger partial charge on any atom is -0.393 e. The number of aromatic amines is 1. The number of piperidine rings is 1. The fourth-order valence-corrected chi connectivity index (χ4v) is 3.71. The third kappa shape index (κ3) is 3.26. The zero-order valence-electron chi connectivity index (χ0n) is 13.4. The van der Waals surface area contributed by atoms with Crippen molar-refractivity contribution in [3.8, 4) is 6.07 Å². The van der Waals surface area contributed by atoms with E-state index in [4.69, 9.17) is 10.00 Å². The van der Waals surface area contributed by atoms with Crippen LogP contribution in [0.5, 0.6) is 0 Å². The van der Waals surface area contributed by atoms with Gasteiger partial charge in [-0.2, -0.15) is 5.26 Å². The quantitative estimate of drug-likeness (QED) is 0.870. The second kappa shape index (κ2) is 6.34. The number of aliphatic hydroxyl groups excluding tert-OH is 1. The van der Waals surface area contributed by atoms with Gasteiger partial charge in [-0.3, -0.25) is 4.79 Å². The molecule has 0 aromatic carbocycles. The number of carbonyl (C=O) groups is 1. The summed E-state index contributed by atoms with van der Waals surface area (Å²) in [5, 5.41) is 19.0. The molecule has 6 nitrogen and oxygen atoms in total. The molecule has 0 bridgehead atoms. The van der Waals surface area contributed by atoms with Crippen molar-refractivity contribution in [3.05, 3.63) is 23.5 Å². The highest BCUT2D eigenvalue weighted by Gasteiger charge is 2.43. The molecule has 3 rings (SSSR count). The molecule has 2 aliphatic heterocycles. The van der Waals surface area contributed by atoms with Crippen LogP contribution in [0, 0.1) is 11.3 Å². The van der Waals surface area contributed by atoms with E-state index in [9.17, 15) is 9.90 Å². The number of aliphatic hydroxyl groups is 1. The topological polar surface area (TPSA) is 89.4 Å². The van der Waals surface area contributed by atoms with Crippen molar-refractivity contribution < 1.29 is 14.6 Å². The maximum absolute atomic E-state index is 12.5. The normalized spacial score (nSPS) is 26.9. The summed E-state index contributed by atoms with van der Waals surface area (Å²) in [6.45, 7) is 3.30. The number of carbonyl (C=O) groups excluding carboxylic acids is 1. The van der Waals surface area contributed by atoms with Gasteiger partial charge in [0, 0.05) is 25.7 Å². The lowest BCUT2D eigenvalue weighted by Crippen LogP contribution is -2.53. The van der Waals surface area contributed by atoms with Crippen LogP contribution >= 0.6 is 0 Å². The largest absolute Gasteiger partial charge is 0.393 e. The van der Waals surface area contributed by atoms with Gasteiger partial charge in [-0.05, 0) is 31.7 Å². The number of likely N-dealkylation sites (tertiary alicyclic amines) is 1. The standard InChI is InChI=1S/C17H23N3O3/c1-2-14-8-13(21)9-17(23-14)3-5-20(6-4-17)16(22)15-7-12(10-18)11-19-15/h7,11,13-14,19,21H,2-6,8-9H2,1H3/t13-,14+/m1/s1. The predicted molar refractivity (Wildman–Crippen MR) is 83.8 cm³/mol. The first-order valence-corrected chi connectivity index (χ1v) is 8.29. The van der Waals surface area contributed by atoms with E-state index < -0.39 is 0 Å². The van der Waals surface area contributed by atoms with Crippen molar-refractivity contribution in [2.24, 2.45) is 0 Å². The Kier molecular flexibility index (Phi) is 4.42. The second-order valence-corrected chi connectivity index (χ2v) is 6.63. The number of nitrogens with one attached hydrogen (secondary N) is 1. The molecule has 2 N–H and O–H groups in total. The molecule has 1 amide bonds. The average molecular weight is 317 g/mol. The summed E-state index contributed by atoms with van der Waals surface area (Å²) < 4.78 is 6.24. The van der Waals surface area contributed by atoms with Crippen LogP contribution in [0.25, 0.3) is 0 Å². The number of amides is 1. The van der Waals surface area contributed by atoms with E-state index in [0.717, 1.165) is 19.3 Å². The Morgan fingerprint density at radius 2 is 2.30 bits per heavy atom. The maximum atomic E-state index is 12.5. The summed E-state index contributed by atoms with van der Waals surface area (Å²) in [6, 6.07) is 3.60. The number of H-pyrrole nitrogens is 1. The van der Waals surface area contributed by atoms with Crippen LogP contribution < -0.4 is 0 Å². The third-order valence-corrected chi connectivity index (χ3v) is 5.02. The van der Waals surface area contributed by atoms with Crippen LogP contribution in [-0.2, 0) is 4.74 Å². The molecule has 0 aliphatic carbocycles. The Balaban J connectivity index is 1.63. The minimum absolute atomic E-state index is 0.0789. The Morgan fingerprint density at radius 3 is 2.91 bits per heavy atom. The number of hydrogen-bond acceptors (Lipinski definition) is 4. The summed E-state index contributed by atoms with van der Waals surface area (Å²) in [7, 11) is 0. The van der Waals surface area contributed by atoms with Crippen molar-refractivity contribution in [2.75, 3.05) is 13.1 Å². The van der Waals surface area contributed by atoms with Gasteiger partial charge in [0.2, 0.25) is 0 Å². The van der Waals surface area contributed by atoms with E-state index in [1.807, 2.05) is 6.07 Å². The van der Waals surface area contributed by atoms with Crippen LogP contribution in [0.1, 0.15) is 55.1 Å². The zero-order chi connectivity index (χ0) is 16.4. The number of nitriles is 1. The first-order chi connectivity index (χ1) is 11.0. The van der Waals surface area contributed by atoms with Crippen LogP contribution in [0.2, 0.25) is 0 Å². The van der Waals surface area contributed by atoms with E-state index >= 15 is 0 Å². The minimum atomic E-state index is -0.308. The monoisotopic (exact) mass is 317 g/mol. The molecule has 0 radical (unpaired) electrons. The molecule has 2 fully saturated rings. The maximum Gasteiger partial charge on any atom is 0.270 e. The molecule has 0 saturated carbocycles. The Labute approximate surface area is 136 Å². The summed E-state index contributed by atoms with van der Waals surface area (Å²) in [4.78, 5) is 17.1. The van der Waals surface area contributed by atoms with Gasteiger partial charge in [0.1, 0.15) is 11.8 Å².